The van der Waals surface area contributed by atoms with Gasteiger partial charge in [0, 0.05) is 49.3 Å². The van der Waals surface area contributed by atoms with Crippen LogP contribution in [0.2, 0.25) is 0 Å². The van der Waals surface area contributed by atoms with Crippen LogP contribution in [0, 0.1) is 0 Å². The highest BCUT2D eigenvalue weighted by Crippen LogP contribution is 2.42. The van der Waals surface area contributed by atoms with E-state index in [0.29, 0.717) is 18.8 Å². The summed E-state index contributed by atoms with van der Waals surface area (Å²) in [6.07, 6.45) is 4.00. The van der Waals surface area contributed by atoms with Gasteiger partial charge in [0.15, 0.2) is 0 Å². The summed E-state index contributed by atoms with van der Waals surface area (Å²) in [5.74, 6) is 0.655. The van der Waals surface area contributed by atoms with E-state index in [9.17, 15) is 13.2 Å². The Morgan fingerprint density at radius 3 is 2.59 bits per heavy atom. The molecule has 0 aliphatic carbocycles. The Hall–Kier alpha value is -3.40. The molecule has 3 aromatic rings. The number of hydrogen-bond acceptors (Lipinski definition) is 7. The Balaban J connectivity index is 1.22. The summed E-state index contributed by atoms with van der Waals surface area (Å²) in [5.41, 5.74) is 4.63. The molecule has 3 aliphatic heterocycles. The molecule has 218 valence electrons. The zero-order chi connectivity index (χ0) is 28.6. The number of alkyl halides is 3. The van der Waals surface area contributed by atoms with Crippen molar-refractivity contribution in [3.8, 4) is 0 Å². The van der Waals surface area contributed by atoms with E-state index in [1.165, 1.54) is 62.2 Å². The van der Waals surface area contributed by atoms with Gasteiger partial charge in [-0.3, -0.25) is 0 Å². The first-order valence-corrected chi connectivity index (χ1v) is 14.7. The van der Waals surface area contributed by atoms with Crippen molar-refractivity contribution in [3.05, 3.63) is 65.2 Å². The van der Waals surface area contributed by atoms with Gasteiger partial charge in [-0.1, -0.05) is 26.3 Å². The molecule has 0 atom stereocenters. The van der Waals surface area contributed by atoms with Crippen LogP contribution < -0.4 is 15.1 Å². The third-order valence-corrected chi connectivity index (χ3v) is 8.87. The first-order valence-electron chi connectivity index (χ1n) is 14.7. The van der Waals surface area contributed by atoms with Gasteiger partial charge in [0.2, 0.25) is 0 Å². The van der Waals surface area contributed by atoms with Gasteiger partial charge in [-0.15, -0.1) is 0 Å². The monoisotopic (exact) mass is 565 g/mol. The summed E-state index contributed by atoms with van der Waals surface area (Å²) < 4.78 is 40.9. The van der Waals surface area contributed by atoms with Crippen molar-refractivity contribution in [3.63, 3.8) is 0 Å². The third kappa shape index (κ3) is 5.84. The molecule has 3 aliphatic rings. The van der Waals surface area contributed by atoms with Gasteiger partial charge >= 0.3 is 6.18 Å². The number of likely N-dealkylation sites (tertiary alicyclic amines) is 1. The summed E-state index contributed by atoms with van der Waals surface area (Å²) >= 11 is 0. The maximum Gasteiger partial charge on any atom is 0.419 e. The first kappa shape index (κ1) is 27.8. The summed E-state index contributed by atoms with van der Waals surface area (Å²) in [5, 5.41) is 3.52. The molecule has 7 nitrogen and oxygen atoms in total. The standard InChI is InChI=1S/C31H38F3N7/c1-30(2)11-16-40(18-17-39-13-4-3-5-14-39)27-19-22(8-9-24(27)30)38-28-23-10-15-41(20-26(23)36-21-37-28)29-25(31(32,33)34)7-6-12-35-29/h6-9,12,19,21H,3-5,10-11,13-18,20H2,1-2H3,(H,36,37,38). The molecule has 41 heavy (non-hydrogen) atoms. The number of piperidine rings is 1. The molecule has 0 bridgehead atoms. The average Bonchev–Trinajstić information content (AvgIpc) is 2.97. The minimum Gasteiger partial charge on any atom is -0.370 e. The van der Waals surface area contributed by atoms with Gasteiger partial charge in [0.1, 0.15) is 18.0 Å². The molecular weight excluding hydrogens is 527 g/mol. The Morgan fingerprint density at radius 1 is 0.951 bits per heavy atom. The molecule has 5 heterocycles. The minimum absolute atomic E-state index is 0.0549. The normalized spacial score (nSPS) is 19.0. The van der Waals surface area contributed by atoms with Gasteiger partial charge in [-0.25, -0.2) is 15.0 Å². The number of nitrogens with one attached hydrogen (secondary N) is 1. The Labute approximate surface area is 239 Å². The molecule has 1 aromatic carbocycles. The maximum absolute atomic E-state index is 13.6. The van der Waals surface area contributed by atoms with Gasteiger partial charge in [0.25, 0.3) is 0 Å². The van der Waals surface area contributed by atoms with Crippen molar-refractivity contribution in [2.45, 2.75) is 64.1 Å². The Morgan fingerprint density at radius 2 is 1.78 bits per heavy atom. The highest BCUT2D eigenvalue weighted by atomic mass is 19.4. The molecule has 0 unspecified atom stereocenters. The van der Waals surface area contributed by atoms with Crippen LogP contribution in [0.5, 0.6) is 0 Å². The van der Waals surface area contributed by atoms with E-state index in [1.807, 2.05) is 0 Å². The largest absolute Gasteiger partial charge is 0.419 e. The van der Waals surface area contributed by atoms with E-state index in [0.717, 1.165) is 49.1 Å². The molecule has 1 saturated heterocycles. The van der Waals surface area contributed by atoms with Gasteiger partial charge < -0.3 is 20.0 Å². The van der Waals surface area contributed by atoms with E-state index >= 15 is 0 Å². The number of rotatable bonds is 6. The number of aromatic nitrogens is 3. The summed E-state index contributed by atoms with van der Waals surface area (Å²) in [7, 11) is 0. The fourth-order valence-electron chi connectivity index (χ4n) is 6.44. The number of pyridine rings is 1. The number of anilines is 4. The van der Waals surface area contributed by atoms with Crippen LogP contribution in [0.1, 0.15) is 61.9 Å². The summed E-state index contributed by atoms with van der Waals surface area (Å²) in [4.78, 5) is 19.8. The van der Waals surface area contributed by atoms with Crippen LogP contribution in [-0.2, 0) is 24.6 Å². The molecule has 0 amide bonds. The molecular formula is C31H38F3N7. The van der Waals surface area contributed by atoms with E-state index < -0.39 is 11.7 Å². The quantitative estimate of drug-likeness (QED) is 0.384. The Kier molecular flexibility index (Phi) is 7.52. The molecule has 2 aromatic heterocycles. The third-order valence-electron chi connectivity index (χ3n) is 8.87. The first-order chi connectivity index (χ1) is 19.7. The van der Waals surface area contributed by atoms with Gasteiger partial charge in [-0.2, -0.15) is 13.2 Å². The summed E-state index contributed by atoms with van der Waals surface area (Å²) in [6.45, 7) is 10.8. The second kappa shape index (κ2) is 11.1. The molecule has 10 heteroatoms. The van der Waals surface area contributed by atoms with Crippen LogP contribution in [0.15, 0.2) is 42.9 Å². The van der Waals surface area contributed by atoms with Crippen molar-refractivity contribution in [2.24, 2.45) is 0 Å². The van der Waals surface area contributed by atoms with Crippen LogP contribution in [0.4, 0.5) is 36.2 Å². The number of fused-ring (bicyclic) bond motifs is 2. The predicted molar refractivity (Wildman–Crippen MR) is 156 cm³/mol. The van der Waals surface area contributed by atoms with Gasteiger partial charge in [0.05, 0.1) is 17.8 Å². The van der Waals surface area contributed by atoms with Crippen molar-refractivity contribution >= 4 is 23.0 Å². The lowest BCUT2D eigenvalue weighted by Gasteiger charge is -2.41. The zero-order valence-electron chi connectivity index (χ0n) is 23.8. The van der Waals surface area contributed by atoms with Crippen molar-refractivity contribution in [1.82, 2.24) is 19.9 Å². The zero-order valence-corrected chi connectivity index (χ0v) is 23.8. The smallest absolute Gasteiger partial charge is 0.370 e. The molecule has 0 saturated carbocycles. The van der Waals surface area contributed by atoms with Gasteiger partial charge in [-0.05, 0) is 74.0 Å². The van der Waals surface area contributed by atoms with E-state index in [2.05, 4.69) is 62.1 Å². The van der Waals surface area contributed by atoms with E-state index in [1.54, 1.807) is 4.90 Å². The van der Waals surface area contributed by atoms with Crippen LogP contribution in [0.3, 0.4) is 0 Å². The van der Waals surface area contributed by atoms with Crippen LogP contribution >= 0.6 is 0 Å². The number of benzene rings is 1. The van der Waals surface area contributed by atoms with E-state index in [4.69, 9.17) is 0 Å². The second-order valence-corrected chi connectivity index (χ2v) is 12.1. The second-order valence-electron chi connectivity index (χ2n) is 12.1. The van der Waals surface area contributed by atoms with Crippen molar-refractivity contribution < 1.29 is 13.2 Å². The lowest BCUT2D eigenvalue weighted by atomic mass is 9.77. The van der Waals surface area contributed by atoms with Crippen molar-refractivity contribution in [1.29, 1.82) is 0 Å². The molecule has 1 fully saturated rings. The fraction of sp³-hybridized carbons (Fsp3) is 0.516. The minimum atomic E-state index is -4.47. The number of nitrogens with zero attached hydrogens (tertiary/aromatic N) is 6. The lowest BCUT2D eigenvalue weighted by molar-refractivity contribution is -0.137. The fourth-order valence-corrected chi connectivity index (χ4v) is 6.44. The SMILES string of the molecule is CC1(C)CCN(CCN2CCCCC2)c2cc(Nc3ncnc4c3CCN(c3ncccc3C(F)(F)F)C4)ccc21. The van der Waals surface area contributed by atoms with E-state index in [-0.39, 0.29) is 17.8 Å². The lowest BCUT2D eigenvalue weighted by Crippen LogP contribution is -2.42. The maximum atomic E-state index is 13.6. The predicted octanol–water partition coefficient (Wildman–Crippen LogP) is 6.17. The molecule has 0 radical (unpaired) electrons. The molecule has 6 rings (SSSR count). The summed E-state index contributed by atoms with van der Waals surface area (Å²) in [6, 6.07) is 8.99. The number of hydrogen-bond donors (Lipinski definition) is 1. The molecule has 1 N–H and O–H groups in total. The average molecular weight is 566 g/mol. The highest BCUT2D eigenvalue weighted by molar-refractivity contribution is 5.70. The highest BCUT2D eigenvalue weighted by Gasteiger charge is 2.37. The van der Waals surface area contributed by atoms with Crippen LogP contribution in [0.25, 0.3) is 0 Å². The number of halogens is 3. The van der Waals surface area contributed by atoms with Crippen LogP contribution in [-0.4, -0.2) is 59.1 Å². The molecule has 0 spiro atoms. The Bertz CT molecular complexity index is 1380. The van der Waals surface area contributed by atoms with Crippen molar-refractivity contribution in [2.75, 3.05) is 54.4 Å². The topological polar surface area (TPSA) is 60.4 Å².